The van der Waals surface area contributed by atoms with Gasteiger partial charge in [-0.25, -0.2) is 8.78 Å². The van der Waals surface area contributed by atoms with E-state index in [2.05, 4.69) is 5.32 Å². The van der Waals surface area contributed by atoms with E-state index in [1.165, 1.54) is 22.3 Å². The molecule has 1 unspecified atom stereocenters. The highest BCUT2D eigenvalue weighted by molar-refractivity contribution is 7.16. The van der Waals surface area contributed by atoms with Crippen LogP contribution >= 0.6 is 22.9 Å². The van der Waals surface area contributed by atoms with Crippen molar-refractivity contribution < 1.29 is 8.78 Å². The molecule has 0 saturated heterocycles. The highest BCUT2D eigenvalue weighted by Gasteiger charge is 2.13. The van der Waals surface area contributed by atoms with Gasteiger partial charge in [-0.05, 0) is 31.5 Å². The second-order valence-corrected chi connectivity index (χ2v) is 6.07. The van der Waals surface area contributed by atoms with Gasteiger partial charge in [-0.1, -0.05) is 23.7 Å². The Labute approximate surface area is 120 Å². The number of hydrogen-bond donors (Lipinski definition) is 1. The van der Waals surface area contributed by atoms with Gasteiger partial charge in [-0.3, -0.25) is 0 Å². The Balaban J connectivity index is 1.90. The topological polar surface area (TPSA) is 12.0 Å². The molecule has 0 aliphatic rings. The van der Waals surface area contributed by atoms with Crippen LogP contribution in [0.25, 0.3) is 0 Å². The van der Waals surface area contributed by atoms with E-state index in [9.17, 15) is 8.78 Å². The van der Waals surface area contributed by atoms with E-state index >= 15 is 0 Å². The molecule has 0 fully saturated rings. The van der Waals surface area contributed by atoms with Crippen molar-refractivity contribution in [3.8, 4) is 0 Å². The Kier molecular flexibility index (Phi) is 4.91. The summed E-state index contributed by atoms with van der Waals surface area (Å²) in [5.74, 6) is -1.59. The monoisotopic (exact) mass is 301 g/mol. The van der Waals surface area contributed by atoms with Crippen LogP contribution in [0.2, 0.25) is 4.34 Å². The molecule has 1 N–H and O–H groups in total. The van der Waals surface area contributed by atoms with Crippen LogP contribution < -0.4 is 5.32 Å². The van der Waals surface area contributed by atoms with Crippen LogP contribution in [-0.4, -0.2) is 6.54 Å². The molecule has 2 rings (SSSR count). The first-order valence-electron chi connectivity index (χ1n) is 5.99. The number of halogens is 3. The predicted octanol–water partition coefficient (Wildman–Crippen LogP) is 4.57. The zero-order chi connectivity index (χ0) is 13.8. The summed E-state index contributed by atoms with van der Waals surface area (Å²) in [6.45, 7) is 2.51. The van der Waals surface area contributed by atoms with Gasteiger partial charge in [0.1, 0.15) is 0 Å². The summed E-state index contributed by atoms with van der Waals surface area (Å²) in [5, 5.41) is 3.18. The molecule has 19 heavy (non-hydrogen) atoms. The Hall–Kier alpha value is -0.970. The molecule has 1 atom stereocenters. The Morgan fingerprint density at radius 1 is 1.26 bits per heavy atom. The summed E-state index contributed by atoms with van der Waals surface area (Å²) >= 11 is 7.37. The lowest BCUT2D eigenvalue weighted by atomic mass is 10.1. The normalized spacial score (nSPS) is 12.6. The van der Waals surface area contributed by atoms with Crippen molar-refractivity contribution in [2.24, 2.45) is 0 Å². The van der Waals surface area contributed by atoms with Crippen LogP contribution in [0.4, 0.5) is 8.78 Å². The summed E-state index contributed by atoms with van der Waals surface area (Å²) in [5.41, 5.74) is 0.351. The molecule has 0 aliphatic carbocycles. The Bertz CT molecular complexity index is 556. The van der Waals surface area contributed by atoms with Gasteiger partial charge in [0.25, 0.3) is 0 Å². The van der Waals surface area contributed by atoms with Gasteiger partial charge in [0, 0.05) is 23.0 Å². The zero-order valence-corrected chi connectivity index (χ0v) is 12.0. The van der Waals surface area contributed by atoms with E-state index in [-0.39, 0.29) is 6.04 Å². The van der Waals surface area contributed by atoms with Crippen LogP contribution in [-0.2, 0) is 6.42 Å². The van der Waals surface area contributed by atoms with Crippen LogP contribution in [0.1, 0.15) is 23.4 Å². The van der Waals surface area contributed by atoms with Crippen molar-refractivity contribution in [1.29, 1.82) is 0 Å². The molecule has 2 aromatic rings. The molecule has 0 radical (unpaired) electrons. The van der Waals surface area contributed by atoms with Crippen molar-refractivity contribution in [3.63, 3.8) is 0 Å². The lowest BCUT2D eigenvalue weighted by Gasteiger charge is -2.14. The van der Waals surface area contributed by atoms with Gasteiger partial charge in [-0.2, -0.15) is 0 Å². The molecule has 0 saturated carbocycles. The fourth-order valence-corrected chi connectivity index (χ4v) is 2.95. The molecule has 102 valence electrons. The van der Waals surface area contributed by atoms with E-state index < -0.39 is 11.6 Å². The molecular formula is C14H14ClF2NS. The van der Waals surface area contributed by atoms with Crippen molar-refractivity contribution in [2.45, 2.75) is 19.4 Å². The maximum absolute atomic E-state index is 13.6. The van der Waals surface area contributed by atoms with Crippen molar-refractivity contribution >= 4 is 22.9 Å². The van der Waals surface area contributed by atoms with Gasteiger partial charge < -0.3 is 5.32 Å². The second-order valence-electron chi connectivity index (χ2n) is 4.27. The molecule has 0 aliphatic heterocycles. The van der Waals surface area contributed by atoms with Crippen molar-refractivity contribution in [2.75, 3.05) is 6.54 Å². The molecule has 5 heteroatoms. The van der Waals surface area contributed by atoms with Crippen molar-refractivity contribution in [3.05, 3.63) is 56.7 Å². The first-order valence-corrected chi connectivity index (χ1v) is 7.19. The highest BCUT2D eigenvalue weighted by atomic mass is 35.5. The first-order chi connectivity index (χ1) is 9.08. The maximum atomic E-state index is 13.6. The highest BCUT2D eigenvalue weighted by Crippen LogP contribution is 2.22. The SMILES string of the molecule is CC(NCCc1ccc(Cl)s1)c1cccc(F)c1F. The van der Waals surface area contributed by atoms with E-state index in [4.69, 9.17) is 11.6 Å². The lowest BCUT2D eigenvalue weighted by Crippen LogP contribution is -2.22. The maximum Gasteiger partial charge on any atom is 0.163 e. The average Bonchev–Trinajstić information content (AvgIpc) is 2.78. The molecular weight excluding hydrogens is 288 g/mol. The summed E-state index contributed by atoms with van der Waals surface area (Å²) in [6, 6.07) is 7.84. The van der Waals surface area contributed by atoms with Crippen LogP contribution in [0.3, 0.4) is 0 Å². The minimum absolute atomic E-state index is 0.230. The summed E-state index contributed by atoms with van der Waals surface area (Å²) in [6.07, 6.45) is 0.818. The quantitative estimate of drug-likeness (QED) is 0.853. The molecule has 0 bridgehead atoms. The third kappa shape index (κ3) is 3.75. The number of hydrogen-bond acceptors (Lipinski definition) is 2. The number of nitrogens with one attached hydrogen (secondary N) is 1. The minimum Gasteiger partial charge on any atom is -0.310 e. The van der Waals surface area contributed by atoms with Gasteiger partial charge in [0.2, 0.25) is 0 Å². The molecule has 0 amide bonds. The number of thiophene rings is 1. The Morgan fingerprint density at radius 3 is 2.74 bits per heavy atom. The van der Waals surface area contributed by atoms with Crippen LogP contribution in [0.15, 0.2) is 30.3 Å². The van der Waals surface area contributed by atoms with Gasteiger partial charge in [0.15, 0.2) is 11.6 Å². The minimum atomic E-state index is -0.809. The van der Waals surface area contributed by atoms with Crippen LogP contribution in [0.5, 0.6) is 0 Å². The largest absolute Gasteiger partial charge is 0.310 e. The number of benzene rings is 1. The molecule has 1 aromatic carbocycles. The summed E-state index contributed by atoms with van der Waals surface area (Å²) in [4.78, 5) is 1.17. The molecule has 0 spiro atoms. The number of rotatable bonds is 5. The predicted molar refractivity (Wildman–Crippen MR) is 75.8 cm³/mol. The molecule has 1 nitrogen and oxygen atoms in total. The van der Waals surface area contributed by atoms with E-state index in [0.717, 1.165) is 16.8 Å². The summed E-state index contributed by atoms with van der Waals surface area (Å²) < 4.78 is 27.5. The Morgan fingerprint density at radius 2 is 2.05 bits per heavy atom. The van der Waals surface area contributed by atoms with E-state index in [0.29, 0.717) is 12.1 Å². The van der Waals surface area contributed by atoms with Gasteiger partial charge in [0.05, 0.1) is 4.34 Å². The third-order valence-corrected chi connectivity index (χ3v) is 4.19. The van der Waals surface area contributed by atoms with E-state index in [1.807, 2.05) is 19.1 Å². The standard InChI is InChI=1S/C14H14ClF2NS/c1-9(11-3-2-4-12(16)14(11)17)18-8-7-10-5-6-13(15)19-10/h2-6,9,18H,7-8H2,1H3. The first kappa shape index (κ1) is 14.4. The fourth-order valence-electron chi connectivity index (χ4n) is 1.86. The third-order valence-electron chi connectivity index (χ3n) is 2.90. The average molecular weight is 302 g/mol. The molecule has 1 heterocycles. The van der Waals surface area contributed by atoms with Gasteiger partial charge in [-0.15, -0.1) is 11.3 Å². The molecule has 1 aromatic heterocycles. The summed E-state index contributed by atoms with van der Waals surface area (Å²) in [7, 11) is 0. The van der Waals surface area contributed by atoms with Gasteiger partial charge >= 0.3 is 0 Å². The van der Waals surface area contributed by atoms with Crippen LogP contribution in [0, 0.1) is 11.6 Å². The van der Waals surface area contributed by atoms with Crippen molar-refractivity contribution in [1.82, 2.24) is 5.32 Å². The zero-order valence-electron chi connectivity index (χ0n) is 10.4. The second kappa shape index (κ2) is 6.46. The fraction of sp³-hybridized carbons (Fsp3) is 0.286. The smallest absolute Gasteiger partial charge is 0.163 e. The lowest BCUT2D eigenvalue weighted by molar-refractivity contribution is 0.474. The van der Waals surface area contributed by atoms with E-state index in [1.54, 1.807) is 6.07 Å².